The minimum atomic E-state index is -0.0567. The molecule has 1 aliphatic heterocycles. The lowest BCUT2D eigenvalue weighted by atomic mass is 9.44. The van der Waals surface area contributed by atoms with Gasteiger partial charge in [-0.3, -0.25) is 4.79 Å². The van der Waals surface area contributed by atoms with Crippen LogP contribution in [0.3, 0.4) is 0 Å². The summed E-state index contributed by atoms with van der Waals surface area (Å²) < 4.78 is 5.70. The van der Waals surface area contributed by atoms with E-state index in [0.29, 0.717) is 23.2 Å². The second kappa shape index (κ2) is 4.99. The summed E-state index contributed by atoms with van der Waals surface area (Å²) in [7, 11) is 0. The minimum Gasteiger partial charge on any atom is -0.462 e. The molecule has 0 amide bonds. The molecular weight excluding hydrogens is 300 g/mol. The van der Waals surface area contributed by atoms with Crippen LogP contribution in [0.4, 0.5) is 0 Å². The molecule has 5 rings (SSSR count). The van der Waals surface area contributed by atoms with Crippen LogP contribution >= 0.6 is 0 Å². The zero-order chi connectivity index (χ0) is 16.7. The van der Waals surface area contributed by atoms with E-state index in [1.807, 2.05) is 0 Å². The first kappa shape index (κ1) is 15.7. The second-order valence-electron chi connectivity index (χ2n) is 10.2. The van der Waals surface area contributed by atoms with Crippen molar-refractivity contribution in [3.8, 4) is 0 Å². The summed E-state index contributed by atoms with van der Waals surface area (Å²) in [5, 5.41) is 10.1. The number of fused-ring (bicyclic) bond motifs is 7. The number of ether oxygens (including phenoxy) is 1. The SMILES string of the molecule is CC12CCC(O)CC1CCC1C2CCC2(C)C3CC(=O)OC3CC12. The molecule has 0 spiro atoms. The number of carbonyl (C=O) groups is 1. The second-order valence-corrected chi connectivity index (χ2v) is 10.2. The molecule has 3 heteroatoms. The molecule has 9 atom stereocenters. The van der Waals surface area contributed by atoms with E-state index in [4.69, 9.17) is 4.74 Å². The van der Waals surface area contributed by atoms with E-state index in [-0.39, 0.29) is 18.2 Å². The predicted molar refractivity (Wildman–Crippen MR) is 91.1 cm³/mol. The standard InChI is InChI=1S/C21H32O3/c1-20-7-5-13(22)9-12(20)3-4-14-15(20)6-8-21(2)16(14)10-18-17(21)11-19(23)24-18/h12-18,22H,3-11H2,1-2H3. The van der Waals surface area contributed by atoms with Crippen molar-refractivity contribution >= 4 is 5.97 Å². The Bertz CT molecular complexity index is 559. The largest absolute Gasteiger partial charge is 0.462 e. The van der Waals surface area contributed by atoms with Crippen LogP contribution < -0.4 is 0 Å². The maximum absolute atomic E-state index is 11.8. The van der Waals surface area contributed by atoms with Gasteiger partial charge in [-0.05, 0) is 85.9 Å². The van der Waals surface area contributed by atoms with Gasteiger partial charge in [0.05, 0.1) is 12.5 Å². The third-order valence-electron chi connectivity index (χ3n) is 9.53. The van der Waals surface area contributed by atoms with Gasteiger partial charge in [-0.1, -0.05) is 13.8 Å². The Morgan fingerprint density at radius 1 is 0.958 bits per heavy atom. The molecule has 1 N–H and O–H groups in total. The summed E-state index contributed by atoms with van der Waals surface area (Å²) in [4.78, 5) is 11.8. The molecule has 24 heavy (non-hydrogen) atoms. The highest BCUT2D eigenvalue weighted by Crippen LogP contribution is 2.68. The van der Waals surface area contributed by atoms with Crippen molar-refractivity contribution in [1.29, 1.82) is 0 Å². The number of aliphatic hydroxyl groups excluding tert-OH is 1. The van der Waals surface area contributed by atoms with Gasteiger partial charge >= 0.3 is 5.97 Å². The van der Waals surface area contributed by atoms with E-state index in [1.165, 1.54) is 32.1 Å². The Balaban J connectivity index is 1.44. The fraction of sp³-hybridized carbons (Fsp3) is 0.952. The van der Waals surface area contributed by atoms with E-state index in [9.17, 15) is 9.90 Å². The Kier molecular flexibility index (Phi) is 3.26. The third kappa shape index (κ3) is 1.91. The van der Waals surface area contributed by atoms with Gasteiger partial charge in [-0.15, -0.1) is 0 Å². The van der Waals surface area contributed by atoms with E-state index in [0.717, 1.165) is 42.9 Å². The van der Waals surface area contributed by atoms with Crippen LogP contribution in [-0.2, 0) is 9.53 Å². The molecule has 1 saturated heterocycles. The first-order valence-corrected chi connectivity index (χ1v) is 10.3. The van der Waals surface area contributed by atoms with Gasteiger partial charge < -0.3 is 9.84 Å². The topological polar surface area (TPSA) is 46.5 Å². The highest BCUT2D eigenvalue weighted by atomic mass is 16.6. The van der Waals surface area contributed by atoms with Crippen molar-refractivity contribution in [3.63, 3.8) is 0 Å². The van der Waals surface area contributed by atoms with Crippen LogP contribution in [0.1, 0.15) is 71.6 Å². The van der Waals surface area contributed by atoms with Crippen molar-refractivity contribution in [3.05, 3.63) is 0 Å². The maximum Gasteiger partial charge on any atom is 0.306 e. The number of rotatable bonds is 0. The van der Waals surface area contributed by atoms with Crippen LogP contribution in [0, 0.1) is 40.4 Å². The molecule has 0 bridgehead atoms. The Hall–Kier alpha value is -0.570. The van der Waals surface area contributed by atoms with E-state index in [2.05, 4.69) is 13.8 Å². The number of carbonyl (C=O) groups excluding carboxylic acids is 1. The van der Waals surface area contributed by atoms with Crippen molar-refractivity contribution in [2.45, 2.75) is 83.8 Å². The molecule has 0 aromatic rings. The highest BCUT2D eigenvalue weighted by Gasteiger charge is 2.64. The normalized spacial score (nSPS) is 59.1. The number of esters is 1. The Labute approximate surface area is 145 Å². The van der Waals surface area contributed by atoms with E-state index in [1.54, 1.807) is 0 Å². The smallest absolute Gasteiger partial charge is 0.306 e. The quantitative estimate of drug-likeness (QED) is 0.684. The zero-order valence-electron chi connectivity index (χ0n) is 15.2. The number of hydrogen-bond acceptors (Lipinski definition) is 3. The van der Waals surface area contributed by atoms with Crippen LogP contribution in [0.5, 0.6) is 0 Å². The number of hydrogen-bond donors (Lipinski definition) is 1. The van der Waals surface area contributed by atoms with Gasteiger partial charge in [-0.2, -0.15) is 0 Å². The average Bonchev–Trinajstić information content (AvgIpc) is 3.03. The third-order valence-corrected chi connectivity index (χ3v) is 9.53. The van der Waals surface area contributed by atoms with Crippen molar-refractivity contribution in [2.75, 3.05) is 0 Å². The molecule has 5 aliphatic rings. The summed E-state index contributed by atoms with van der Waals surface area (Å²) in [5.74, 6) is 3.66. The monoisotopic (exact) mass is 332 g/mol. The first-order valence-electron chi connectivity index (χ1n) is 10.3. The van der Waals surface area contributed by atoms with Crippen molar-refractivity contribution in [2.24, 2.45) is 40.4 Å². The van der Waals surface area contributed by atoms with Gasteiger partial charge in [0, 0.05) is 5.92 Å². The lowest BCUT2D eigenvalue weighted by Crippen LogP contribution is -2.53. The lowest BCUT2D eigenvalue weighted by Gasteiger charge is -2.60. The molecule has 0 aromatic carbocycles. The molecule has 134 valence electrons. The van der Waals surface area contributed by atoms with Gasteiger partial charge in [-0.25, -0.2) is 0 Å². The summed E-state index contributed by atoms with van der Waals surface area (Å²) in [6, 6.07) is 0. The van der Waals surface area contributed by atoms with Crippen LogP contribution in [-0.4, -0.2) is 23.3 Å². The van der Waals surface area contributed by atoms with Crippen molar-refractivity contribution in [1.82, 2.24) is 0 Å². The summed E-state index contributed by atoms with van der Waals surface area (Å²) in [5.41, 5.74) is 0.771. The van der Waals surface area contributed by atoms with Gasteiger partial charge in [0.15, 0.2) is 0 Å². The maximum atomic E-state index is 11.8. The van der Waals surface area contributed by atoms with E-state index >= 15 is 0 Å². The fourth-order valence-corrected chi connectivity index (χ4v) is 8.22. The molecule has 1 heterocycles. The molecule has 3 nitrogen and oxygen atoms in total. The van der Waals surface area contributed by atoms with Gasteiger partial charge in [0.25, 0.3) is 0 Å². The molecular formula is C21H32O3. The molecule has 4 aliphatic carbocycles. The van der Waals surface area contributed by atoms with Gasteiger partial charge in [0.1, 0.15) is 6.10 Å². The highest BCUT2D eigenvalue weighted by molar-refractivity contribution is 5.72. The minimum absolute atomic E-state index is 0.0451. The molecule has 5 fully saturated rings. The Morgan fingerprint density at radius 2 is 1.75 bits per heavy atom. The average molecular weight is 332 g/mol. The zero-order valence-corrected chi connectivity index (χ0v) is 15.2. The Morgan fingerprint density at radius 3 is 2.58 bits per heavy atom. The molecule has 0 aromatic heterocycles. The van der Waals surface area contributed by atoms with E-state index < -0.39 is 0 Å². The predicted octanol–water partition coefficient (Wildman–Crippen LogP) is 3.93. The summed E-state index contributed by atoms with van der Waals surface area (Å²) in [6.45, 7) is 5.01. The lowest BCUT2D eigenvalue weighted by molar-refractivity contribution is -0.144. The first-order chi connectivity index (χ1) is 11.4. The van der Waals surface area contributed by atoms with Gasteiger partial charge in [0.2, 0.25) is 0 Å². The summed E-state index contributed by atoms with van der Waals surface area (Å²) >= 11 is 0. The van der Waals surface area contributed by atoms with Crippen LogP contribution in [0.15, 0.2) is 0 Å². The van der Waals surface area contributed by atoms with Crippen LogP contribution in [0.2, 0.25) is 0 Å². The molecule has 9 unspecified atom stereocenters. The van der Waals surface area contributed by atoms with Crippen LogP contribution in [0.25, 0.3) is 0 Å². The van der Waals surface area contributed by atoms with Crippen molar-refractivity contribution < 1.29 is 14.6 Å². The number of aliphatic hydroxyl groups is 1. The molecule has 0 radical (unpaired) electrons. The molecule has 4 saturated carbocycles. The fourth-order valence-electron chi connectivity index (χ4n) is 8.22. The summed E-state index contributed by atoms with van der Waals surface area (Å²) in [6.07, 6.45) is 10.4.